The maximum atomic E-state index is 8.44. The maximum Gasteiger partial charge on any atom is 0.0841 e. The molecule has 0 saturated heterocycles. The van der Waals surface area contributed by atoms with Gasteiger partial charge in [-0.05, 0) is 23.9 Å². The van der Waals surface area contributed by atoms with E-state index >= 15 is 0 Å². The van der Waals surface area contributed by atoms with Crippen molar-refractivity contribution in [1.29, 1.82) is 5.26 Å². The Morgan fingerprint density at radius 3 is 2.79 bits per heavy atom. The smallest absolute Gasteiger partial charge is 0.0841 e. The summed E-state index contributed by atoms with van der Waals surface area (Å²) in [6.07, 6.45) is 0. The molecule has 0 fully saturated rings. The van der Waals surface area contributed by atoms with Crippen molar-refractivity contribution in [2.45, 2.75) is 26.2 Å². The molecule has 0 aliphatic rings. The van der Waals surface area contributed by atoms with Gasteiger partial charge < -0.3 is 5.32 Å². The van der Waals surface area contributed by atoms with Crippen molar-refractivity contribution in [3.05, 3.63) is 21.9 Å². The van der Waals surface area contributed by atoms with Crippen LogP contribution in [0, 0.1) is 18.3 Å². The molecule has 1 aromatic heterocycles. The lowest BCUT2D eigenvalue weighted by Crippen LogP contribution is -2.32. The lowest BCUT2D eigenvalue weighted by Gasteiger charge is -2.24. The largest absolute Gasteiger partial charge is 0.304 e. The number of nitriles is 1. The Bertz CT molecular complexity index is 333. The quantitative estimate of drug-likeness (QED) is 0.609. The third-order valence-electron chi connectivity index (χ3n) is 2.25. The van der Waals surface area contributed by atoms with E-state index in [1.54, 1.807) is 11.3 Å². The SMILES string of the molecule is Cc1ccsc1C(C)(C)CNCC#N. The van der Waals surface area contributed by atoms with Crippen LogP contribution in [0.5, 0.6) is 0 Å². The Morgan fingerprint density at radius 2 is 2.29 bits per heavy atom. The summed E-state index contributed by atoms with van der Waals surface area (Å²) in [4.78, 5) is 1.41. The Kier molecular flexibility index (Phi) is 3.68. The predicted molar refractivity (Wildman–Crippen MR) is 60.6 cm³/mol. The maximum absolute atomic E-state index is 8.44. The molecule has 1 rings (SSSR count). The zero-order valence-corrected chi connectivity index (χ0v) is 9.74. The number of aryl methyl sites for hydroxylation is 1. The molecule has 0 saturated carbocycles. The van der Waals surface area contributed by atoms with Gasteiger partial charge in [0.25, 0.3) is 0 Å². The zero-order valence-electron chi connectivity index (χ0n) is 8.92. The van der Waals surface area contributed by atoms with Crippen LogP contribution in [0.25, 0.3) is 0 Å². The van der Waals surface area contributed by atoms with Gasteiger partial charge in [-0.1, -0.05) is 13.8 Å². The molecule has 0 spiro atoms. The summed E-state index contributed by atoms with van der Waals surface area (Å²) in [5.41, 5.74) is 1.47. The molecule has 0 aliphatic heterocycles. The van der Waals surface area contributed by atoms with Crippen LogP contribution >= 0.6 is 11.3 Å². The van der Waals surface area contributed by atoms with Gasteiger partial charge in [0.05, 0.1) is 12.6 Å². The van der Waals surface area contributed by atoms with Crippen molar-refractivity contribution in [3.8, 4) is 6.07 Å². The van der Waals surface area contributed by atoms with E-state index in [0.29, 0.717) is 6.54 Å². The average Bonchev–Trinajstić information content (AvgIpc) is 2.52. The molecule has 0 radical (unpaired) electrons. The number of nitrogens with one attached hydrogen (secondary N) is 1. The van der Waals surface area contributed by atoms with Crippen molar-refractivity contribution in [1.82, 2.24) is 5.32 Å². The molecule has 0 atom stereocenters. The fraction of sp³-hybridized carbons (Fsp3) is 0.545. The second-order valence-electron chi connectivity index (χ2n) is 4.08. The molecule has 76 valence electrons. The molecule has 1 aromatic rings. The number of thiophene rings is 1. The highest BCUT2D eigenvalue weighted by Gasteiger charge is 2.22. The Labute approximate surface area is 89.6 Å². The fourth-order valence-electron chi connectivity index (χ4n) is 1.58. The van der Waals surface area contributed by atoms with Gasteiger partial charge in [0, 0.05) is 16.8 Å². The van der Waals surface area contributed by atoms with Gasteiger partial charge in [0.2, 0.25) is 0 Å². The van der Waals surface area contributed by atoms with Crippen LogP contribution in [0.2, 0.25) is 0 Å². The molecule has 0 aromatic carbocycles. The van der Waals surface area contributed by atoms with E-state index in [2.05, 4.69) is 43.6 Å². The summed E-state index contributed by atoms with van der Waals surface area (Å²) in [5, 5.41) is 13.7. The Hall–Kier alpha value is -0.850. The second-order valence-corrected chi connectivity index (χ2v) is 4.99. The zero-order chi connectivity index (χ0) is 10.6. The van der Waals surface area contributed by atoms with Gasteiger partial charge in [-0.25, -0.2) is 0 Å². The summed E-state index contributed by atoms with van der Waals surface area (Å²) in [6, 6.07) is 4.24. The number of nitrogens with zero attached hydrogens (tertiary/aromatic N) is 1. The first-order valence-corrected chi connectivity index (χ1v) is 5.58. The van der Waals surface area contributed by atoms with Crippen LogP contribution in [0.1, 0.15) is 24.3 Å². The van der Waals surface area contributed by atoms with Gasteiger partial charge in [-0.2, -0.15) is 5.26 Å². The summed E-state index contributed by atoms with van der Waals surface area (Å²) in [7, 11) is 0. The van der Waals surface area contributed by atoms with Crippen molar-refractivity contribution in [2.24, 2.45) is 0 Å². The Morgan fingerprint density at radius 1 is 1.57 bits per heavy atom. The molecule has 1 heterocycles. The van der Waals surface area contributed by atoms with Crippen molar-refractivity contribution >= 4 is 11.3 Å². The van der Waals surface area contributed by atoms with Crippen molar-refractivity contribution in [3.63, 3.8) is 0 Å². The molecule has 1 N–H and O–H groups in total. The standard InChI is InChI=1S/C11H16N2S/c1-9-4-7-14-10(9)11(2,3)8-13-6-5-12/h4,7,13H,6,8H2,1-3H3. The van der Waals surface area contributed by atoms with Gasteiger partial charge in [-0.3, -0.25) is 0 Å². The van der Waals surface area contributed by atoms with Crippen LogP contribution in [-0.2, 0) is 5.41 Å². The monoisotopic (exact) mass is 208 g/mol. The third-order valence-corrected chi connectivity index (χ3v) is 3.63. The lowest BCUT2D eigenvalue weighted by molar-refractivity contribution is 0.491. The summed E-state index contributed by atoms with van der Waals surface area (Å²) >= 11 is 1.79. The number of hydrogen-bond acceptors (Lipinski definition) is 3. The van der Waals surface area contributed by atoms with Crippen LogP contribution in [0.4, 0.5) is 0 Å². The fourth-order valence-corrected chi connectivity index (χ4v) is 2.63. The van der Waals surface area contributed by atoms with E-state index in [4.69, 9.17) is 5.26 Å². The number of rotatable bonds is 4. The normalized spacial score (nSPS) is 11.3. The predicted octanol–water partition coefficient (Wildman–Crippen LogP) is 2.45. The highest BCUT2D eigenvalue weighted by Crippen LogP contribution is 2.30. The third kappa shape index (κ3) is 2.57. The van der Waals surface area contributed by atoms with Crippen molar-refractivity contribution < 1.29 is 0 Å². The first-order chi connectivity index (χ1) is 6.58. The Balaban J connectivity index is 2.66. The molecule has 0 amide bonds. The molecular formula is C11H16N2S. The highest BCUT2D eigenvalue weighted by molar-refractivity contribution is 7.10. The van der Waals surface area contributed by atoms with E-state index in [0.717, 1.165) is 6.54 Å². The minimum Gasteiger partial charge on any atom is -0.304 e. The van der Waals surface area contributed by atoms with Gasteiger partial charge in [0.15, 0.2) is 0 Å². The lowest BCUT2D eigenvalue weighted by atomic mass is 9.89. The summed E-state index contributed by atoms with van der Waals surface area (Å²) in [5.74, 6) is 0. The van der Waals surface area contributed by atoms with Crippen LogP contribution in [0.15, 0.2) is 11.4 Å². The van der Waals surface area contributed by atoms with E-state index in [1.165, 1.54) is 10.4 Å². The second kappa shape index (κ2) is 4.59. The van der Waals surface area contributed by atoms with Crippen molar-refractivity contribution in [2.75, 3.05) is 13.1 Å². The molecule has 2 nitrogen and oxygen atoms in total. The van der Waals surface area contributed by atoms with Gasteiger partial charge >= 0.3 is 0 Å². The molecule has 0 aliphatic carbocycles. The van der Waals surface area contributed by atoms with E-state index in [-0.39, 0.29) is 5.41 Å². The van der Waals surface area contributed by atoms with Gasteiger partial charge in [-0.15, -0.1) is 11.3 Å². The topological polar surface area (TPSA) is 35.8 Å². The van der Waals surface area contributed by atoms with E-state index in [1.807, 2.05) is 0 Å². The minimum absolute atomic E-state index is 0.120. The van der Waals surface area contributed by atoms with E-state index < -0.39 is 0 Å². The molecule has 0 bridgehead atoms. The molecule has 0 unspecified atom stereocenters. The number of hydrogen-bond donors (Lipinski definition) is 1. The van der Waals surface area contributed by atoms with Crippen LogP contribution in [-0.4, -0.2) is 13.1 Å². The van der Waals surface area contributed by atoms with Crippen LogP contribution < -0.4 is 5.32 Å². The highest BCUT2D eigenvalue weighted by atomic mass is 32.1. The average molecular weight is 208 g/mol. The van der Waals surface area contributed by atoms with E-state index in [9.17, 15) is 0 Å². The first-order valence-electron chi connectivity index (χ1n) is 4.70. The molecular weight excluding hydrogens is 192 g/mol. The minimum atomic E-state index is 0.120. The van der Waals surface area contributed by atoms with Gasteiger partial charge in [0.1, 0.15) is 0 Å². The first kappa shape index (κ1) is 11.2. The molecule has 3 heteroatoms. The molecule has 14 heavy (non-hydrogen) atoms. The van der Waals surface area contributed by atoms with Crippen LogP contribution in [0.3, 0.4) is 0 Å². The summed E-state index contributed by atoms with van der Waals surface area (Å²) in [6.45, 7) is 7.82. The summed E-state index contributed by atoms with van der Waals surface area (Å²) < 4.78 is 0.